The van der Waals surface area contributed by atoms with Crippen molar-refractivity contribution >= 4 is 29.9 Å². The van der Waals surface area contributed by atoms with Crippen LogP contribution in [0.1, 0.15) is 59.8 Å². The maximum absolute atomic E-state index is 4.92. The van der Waals surface area contributed by atoms with Gasteiger partial charge in [-0.2, -0.15) is 0 Å². The molecule has 0 bridgehead atoms. The van der Waals surface area contributed by atoms with Crippen molar-refractivity contribution in [3.63, 3.8) is 0 Å². The molecule has 0 saturated carbocycles. The van der Waals surface area contributed by atoms with Crippen molar-refractivity contribution in [3.8, 4) is 0 Å². The van der Waals surface area contributed by atoms with Gasteiger partial charge < -0.3 is 20.4 Å². The number of likely N-dealkylation sites (tertiary alicyclic amines) is 2. The summed E-state index contributed by atoms with van der Waals surface area (Å²) in [5, 5.41) is 7.13. The lowest BCUT2D eigenvalue weighted by molar-refractivity contribution is 0.167. The van der Waals surface area contributed by atoms with Crippen LogP contribution in [0.5, 0.6) is 0 Å². The number of halogens is 1. The van der Waals surface area contributed by atoms with E-state index in [2.05, 4.69) is 48.1 Å². The van der Waals surface area contributed by atoms with Gasteiger partial charge in [0.25, 0.3) is 0 Å². The molecule has 0 radical (unpaired) electrons. The second-order valence-electron chi connectivity index (χ2n) is 8.05. The van der Waals surface area contributed by atoms with Gasteiger partial charge in [0.1, 0.15) is 0 Å². The van der Waals surface area contributed by atoms with Gasteiger partial charge >= 0.3 is 0 Å². The Morgan fingerprint density at radius 3 is 2.23 bits per heavy atom. The van der Waals surface area contributed by atoms with Gasteiger partial charge in [0.15, 0.2) is 5.96 Å². The molecule has 0 aromatic carbocycles. The Bertz CT molecular complexity index is 386. The summed E-state index contributed by atoms with van der Waals surface area (Å²) in [6.07, 6.45) is 6.31. The number of guanidine groups is 1. The molecule has 26 heavy (non-hydrogen) atoms. The zero-order valence-electron chi connectivity index (χ0n) is 17.5. The Morgan fingerprint density at radius 1 is 1.04 bits per heavy atom. The first-order chi connectivity index (χ1) is 12.1. The van der Waals surface area contributed by atoms with Crippen molar-refractivity contribution < 1.29 is 0 Å². The molecule has 0 atom stereocenters. The van der Waals surface area contributed by atoms with Crippen LogP contribution >= 0.6 is 24.0 Å². The van der Waals surface area contributed by atoms with E-state index in [0.717, 1.165) is 25.0 Å². The van der Waals surface area contributed by atoms with Crippen LogP contribution in [0.4, 0.5) is 0 Å². The summed E-state index contributed by atoms with van der Waals surface area (Å²) in [5.74, 6) is 1.79. The summed E-state index contributed by atoms with van der Waals surface area (Å²) in [6.45, 7) is 17.1. The van der Waals surface area contributed by atoms with Gasteiger partial charge in [-0.3, -0.25) is 4.99 Å². The Labute approximate surface area is 178 Å². The molecule has 2 aliphatic rings. The molecule has 2 rings (SSSR count). The number of nitrogens with one attached hydrogen (secondary N) is 2. The maximum atomic E-state index is 4.92. The van der Waals surface area contributed by atoms with Crippen molar-refractivity contribution in [3.05, 3.63) is 0 Å². The van der Waals surface area contributed by atoms with Crippen molar-refractivity contribution in [2.24, 2.45) is 10.9 Å². The van der Waals surface area contributed by atoms with Gasteiger partial charge in [0.2, 0.25) is 0 Å². The van der Waals surface area contributed by atoms with Gasteiger partial charge in [-0.25, -0.2) is 0 Å². The molecule has 2 heterocycles. The normalized spacial score (nSPS) is 21.7. The maximum Gasteiger partial charge on any atom is 0.191 e. The predicted molar refractivity (Wildman–Crippen MR) is 124 cm³/mol. The number of rotatable bonds is 7. The zero-order chi connectivity index (χ0) is 18.1. The summed E-state index contributed by atoms with van der Waals surface area (Å²) in [5.41, 5.74) is 0. The average molecular weight is 479 g/mol. The van der Waals surface area contributed by atoms with Crippen LogP contribution in [0.3, 0.4) is 0 Å². The third-order valence-corrected chi connectivity index (χ3v) is 5.70. The lowest BCUT2D eigenvalue weighted by Crippen LogP contribution is -2.50. The lowest BCUT2D eigenvalue weighted by atomic mass is 9.97. The minimum absolute atomic E-state index is 0. The van der Waals surface area contributed by atoms with Gasteiger partial charge in [0.05, 0.1) is 0 Å². The molecule has 0 amide bonds. The molecular formula is C20H42IN5. The third-order valence-electron chi connectivity index (χ3n) is 5.70. The van der Waals surface area contributed by atoms with Crippen LogP contribution in [0, 0.1) is 5.92 Å². The Kier molecular flexibility index (Phi) is 12.1. The monoisotopic (exact) mass is 479 g/mol. The molecule has 2 N–H and O–H groups in total. The number of nitrogens with zero attached hydrogens (tertiary/aromatic N) is 3. The molecule has 0 spiro atoms. The van der Waals surface area contributed by atoms with Crippen molar-refractivity contribution in [1.82, 2.24) is 20.4 Å². The molecule has 2 fully saturated rings. The number of hydrogen-bond donors (Lipinski definition) is 2. The van der Waals surface area contributed by atoms with Gasteiger partial charge in [0, 0.05) is 38.3 Å². The number of piperidine rings is 2. The van der Waals surface area contributed by atoms with E-state index >= 15 is 0 Å². The number of hydrogen-bond acceptors (Lipinski definition) is 3. The van der Waals surface area contributed by atoms with Crippen LogP contribution in [0.2, 0.25) is 0 Å². The standard InChI is InChI=1S/C20H41N5.HI/c1-5-11-24-12-7-18(8-13-24)16-22-20(21-6-2)23-19-9-14-25(15-10-19)17(3)4;/h17-19H,5-16H2,1-4H3,(H2,21,22,23);1H. The molecule has 5 nitrogen and oxygen atoms in total. The SMILES string of the molecule is CCCN1CCC(CN=C(NCC)NC2CCN(C(C)C)CC2)CC1.I. The van der Waals surface area contributed by atoms with E-state index in [9.17, 15) is 0 Å². The Hall–Kier alpha value is -0.0800. The van der Waals surface area contributed by atoms with E-state index in [1.807, 2.05) is 0 Å². The van der Waals surface area contributed by atoms with Crippen LogP contribution < -0.4 is 10.6 Å². The zero-order valence-corrected chi connectivity index (χ0v) is 19.8. The highest BCUT2D eigenvalue weighted by Crippen LogP contribution is 2.18. The summed E-state index contributed by atoms with van der Waals surface area (Å²) in [4.78, 5) is 10.1. The lowest BCUT2D eigenvalue weighted by Gasteiger charge is -2.35. The van der Waals surface area contributed by atoms with E-state index in [0.29, 0.717) is 12.1 Å². The molecule has 2 saturated heterocycles. The van der Waals surface area contributed by atoms with Crippen molar-refractivity contribution in [2.75, 3.05) is 45.8 Å². The molecule has 0 unspecified atom stereocenters. The minimum atomic E-state index is 0. The van der Waals surface area contributed by atoms with E-state index < -0.39 is 0 Å². The van der Waals surface area contributed by atoms with Gasteiger partial charge in [-0.1, -0.05) is 6.92 Å². The first-order valence-electron chi connectivity index (χ1n) is 10.6. The fourth-order valence-electron chi connectivity index (χ4n) is 4.00. The number of aliphatic imine (C=N–C) groups is 1. The Balaban J connectivity index is 0.00000338. The van der Waals surface area contributed by atoms with E-state index in [4.69, 9.17) is 4.99 Å². The summed E-state index contributed by atoms with van der Waals surface area (Å²) < 4.78 is 0. The third kappa shape index (κ3) is 8.30. The van der Waals surface area contributed by atoms with E-state index in [1.165, 1.54) is 64.8 Å². The fraction of sp³-hybridized carbons (Fsp3) is 0.950. The minimum Gasteiger partial charge on any atom is -0.357 e. The molecule has 0 aromatic rings. The summed E-state index contributed by atoms with van der Waals surface area (Å²) in [6, 6.07) is 1.24. The summed E-state index contributed by atoms with van der Waals surface area (Å²) >= 11 is 0. The molecule has 0 aliphatic carbocycles. The van der Waals surface area contributed by atoms with Gasteiger partial charge in [-0.05, 0) is 78.4 Å². The summed E-state index contributed by atoms with van der Waals surface area (Å²) in [7, 11) is 0. The largest absolute Gasteiger partial charge is 0.357 e. The quantitative estimate of drug-likeness (QED) is 0.335. The molecule has 6 heteroatoms. The highest BCUT2D eigenvalue weighted by Gasteiger charge is 2.22. The first kappa shape index (κ1) is 24.0. The van der Waals surface area contributed by atoms with E-state index in [-0.39, 0.29) is 24.0 Å². The van der Waals surface area contributed by atoms with Crippen LogP contribution in [-0.4, -0.2) is 73.7 Å². The highest BCUT2D eigenvalue weighted by atomic mass is 127. The molecule has 154 valence electrons. The Morgan fingerprint density at radius 2 is 1.69 bits per heavy atom. The van der Waals surface area contributed by atoms with E-state index in [1.54, 1.807) is 0 Å². The van der Waals surface area contributed by atoms with Crippen LogP contribution in [0.25, 0.3) is 0 Å². The van der Waals surface area contributed by atoms with Crippen molar-refractivity contribution in [1.29, 1.82) is 0 Å². The van der Waals surface area contributed by atoms with Gasteiger partial charge in [-0.15, -0.1) is 24.0 Å². The average Bonchev–Trinajstić information content (AvgIpc) is 2.62. The van der Waals surface area contributed by atoms with Crippen molar-refractivity contribution in [2.45, 2.75) is 71.9 Å². The smallest absolute Gasteiger partial charge is 0.191 e. The second kappa shape index (κ2) is 13.2. The molecule has 0 aromatic heterocycles. The van der Waals surface area contributed by atoms with Crippen LogP contribution in [-0.2, 0) is 0 Å². The first-order valence-corrected chi connectivity index (χ1v) is 10.6. The molecule has 2 aliphatic heterocycles. The molecular weight excluding hydrogens is 437 g/mol. The predicted octanol–water partition coefficient (Wildman–Crippen LogP) is 3.15. The topological polar surface area (TPSA) is 42.9 Å². The second-order valence-corrected chi connectivity index (χ2v) is 8.05. The van der Waals surface area contributed by atoms with Crippen LogP contribution in [0.15, 0.2) is 4.99 Å². The fourth-order valence-corrected chi connectivity index (χ4v) is 4.00. The highest BCUT2D eigenvalue weighted by molar-refractivity contribution is 14.0.